The fraction of sp³-hybridized carbons (Fsp3) is 0.217. The van der Waals surface area contributed by atoms with Gasteiger partial charge < -0.3 is 20.5 Å². The monoisotopic (exact) mass is 435 g/mol. The van der Waals surface area contributed by atoms with Crippen LogP contribution in [0.1, 0.15) is 40.1 Å². The number of hydrogen-bond donors (Lipinski definition) is 2. The Bertz CT molecular complexity index is 1190. The van der Waals surface area contributed by atoms with Crippen LogP contribution >= 0.6 is 0 Å². The molecule has 0 aliphatic rings. The topological polar surface area (TPSA) is 123 Å². The average molecular weight is 435 g/mol. The highest BCUT2D eigenvalue weighted by Crippen LogP contribution is 2.31. The lowest BCUT2D eigenvalue weighted by Gasteiger charge is -2.19. The van der Waals surface area contributed by atoms with Crippen LogP contribution in [0.5, 0.6) is 5.88 Å². The molecule has 1 aromatic heterocycles. The molecule has 0 aliphatic carbocycles. The summed E-state index contributed by atoms with van der Waals surface area (Å²) >= 11 is 0. The van der Waals surface area contributed by atoms with Gasteiger partial charge in [0.25, 0.3) is 5.88 Å². The number of aromatic nitrogens is 2. The second-order valence-electron chi connectivity index (χ2n) is 6.91. The Kier molecular flexibility index (Phi) is 6.97. The lowest BCUT2D eigenvalue weighted by Crippen LogP contribution is -2.14. The summed E-state index contributed by atoms with van der Waals surface area (Å²) in [5.74, 6) is -1.14. The molecule has 0 spiro atoms. The molecule has 0 fully saturated rings. The van der Waals surface area contributed by atoms with Crippen molar-refractivity contribution in [2.75, 3.05) is 19.9 Å². The third-order valence-corrected chi connectivity index (χ3v) is 4.81. The Hall–Kier alpha value is -4.03. The molecule has 0 bridgehead atoms. The van der Waals surface area contributed by atoms with E-state index >= 15 is 0 Å². The van der Waals surface area contributed by atoms with Crippen LogP contribution in [0.4, 0.5) is 10.2 Å². The lowest BCUT2D eigenvalue weighted by atomic mass is 9.99. The van der Waals surface area contributed by atoms with Gasteiger partial charge in [-0.3, -0.25) is 0 Å². The van der Waals surface area contributed by atoms with Crippen molar-refractivity contribution in [2.24, 2.45) is 0 Å². The van der Waals surface area contributed by atoms with Gasteiger partial charge in [0.05, 0.1) is 36.2 Å². The number of nitrogens with zero attached hydrogens (tertiary/aromatic N) is 3. The van der Waals surface area contributed by atoms with E-state index in [0.717, 1.165) is 5.56 Å². The summed E-state index contributed by atoms with van der Waals surface area (Å²) in [6, 6.07) is 11.2. The second-order valence-corrected chi connectivity index (χ2v) is 6.91. The number of rotatable bonds is 7. The SMILES string of the molecule is CNCc1cccc(C#N)c1-c1cnc(N)c(O[C@H](C)c2cc(F)ccc2C(=O)OC)n1. The molecule has 0 radical (unpaired) electrons. The van der Waals surface area contributed by atoms with E-state index in [1.54, 1.807) is 26.1 Å². The van der Waals surface area contributed by atoms with Crippen LogP contribution in [-0.2, 0) is 11.3 Å². The predicted octanol–water partition coefficient (Wildman–Crippen LogP) is 3.38. The Balaban J connectivity index is 2.03. The van der Waals surface area contributed by atoms with Crippen molar-refractivity contribution in [1.82, 2.24) is 15.3 Å². The number of anilines is 1. The van der Waals surface area contributed by atoms with Crippen LogP contribution in [0.15, 0.2) is 42.6 Å². The van der Waals surface area contributed by atoms with E-state index in [-0.39, 0.29) is 22.8 Å². The van der Waals surface area contributed by atoms with Crippen molar-refractivity contribution >= 4 is 11.8 Å². The van der Waals surface area contributed by atoms with Crippen molar-refractivity contribution < 1.29 is 18.7 Å². The zero-order valence-corrected chi connectivity index (χ0v) is 17.8. The molecule has 9 heteroatoms. The Labute approximate surface area is 184 Å². The zero-order valence-electron chi connectivity index (χ0n) is 17.8. The molecule has 0 saturated carbocycles. The molecule has 0 amide bonds. The maximum absolute atomic E-state index is 13.9. The highest BCUT2D eigenvalue weighted by molar-refractivity contribution is 5.91. The van der Waals surface area contributed by atoms with E-state index < -0.39 is 17.9 Å². The molecule has 3 aromatic rings. The number of esters is 1. The van der Waals surface area contributed by atoms with Crippen molar-refractivity contribution in [3.8, 4) is 23.2 Å². The molecule has 0 saturated heterocycles. The summed E-state index contributed by atoms with van der Waals surface area (Å²) in [5, 5.41) is 12.6. The van der Waals surface area contributed by atoms with Gasteiger partial charge in [0.15, 0.2) is 5.82 Å². The fourth-order valence-electron chi connectivity index (χ4n) is 3.32. The smallest absolute Gasteiger partial charge is 0.338 e. The number of nitriles is 1. The first-order valence-electron chi connectivity index (χ1n) is 9.73. The van der Waals surface area contributed by atoms with Crippen molar-refractivity contribution in [2.45, 2.75) is 19.6 Å². The maximum Gasteiger partial charge on any atom is 0.338 e. The summed E-state index contributed by atoms with van der Waals surface area (Å²) in [7, 11) is 3.04. The van der Waals surface area contributed by atoms with Crippen molar-refractivity contribution in [1.29, 1.82) is 5.26 Å². The van der Waals surface area contributed by atoms with Gasteiger partial charge in [0.2, 0.25) is 0 Å². The first kappa shape index (κ1) is 22.7. The highest BCUT2D eigenvalue weighted by Gasteiger charge is 2.21. The first-order valence-corrected chi connectivity index (χ1v) is 9.73. The molecule has 8 nitrogen and oxygen atoms in total. The Morgan fingerprint density at radius 3 is 2.81 bits per heavy atom. The minimum atomic E-state index is -0.797. The van der Waals surface area contributed by atoms with E-state index in [4.69, 9.17) is 15.2 Å². The number of nitrogens with two attached hydrogens (primary N) is 1. The third-order valence-electron chi connectivity index (χ3n) is 4.81. The predicted molar refractivity (Wildman–Crippen MR) is 116 cm³/mol. The van der Waals surface area contributed by atoms with Crippen LogP contribution in [0.3, 0.4) is 0 Å². The molecule has 164 valence electrons. The number of nitrogen functional groups attached to an aromatic ring is 1. The van der Waals surface area contributed by atoms with Crippen LogP contribution < -0.4 is 15.8 Å². The Morgan fingerprint density at radius 1 is 1.34 bits per heavy atom. The normalized spacial score (nSPS) is 11.5. The first-order chi connectivity index (χ1) is 15.4. The number of carbonyl (C=O) groups is 1. The quantitative estimate of drug-likeness (QED) is 0.542. The molecular weight excluding hydrogens is 413 g/mol. The van der Waals surface area contributed by atoms with Crippen LogP contribution in [0.25, 0.3) is 11.3 Å². The molecule has 3 rings (SSSR count). The fourth-order valence-corrected chi connectivity index (χ4v) is 3.32. The van der Waals surface area contributed by atoms with E-state index in [9.17, 15) is 14.4 Å². The molecule has 1 heterocycles. The average Bonchev–Trinajstić information content (AvgIpc) is 2.80. The van der Waals surface area contributed by atoms with Gasteiger partial charge in [0.1, 0.15) is 11.9 Å². The molecule has 2 aromatic carbocycles. The van der Waals surface area contributed by atoms with Gasteiger partial charge in [-0.25, -0.2) is 19.2 Å². The largest absolute Gasteiger partial charge is 0.467 e. The minimum Gasteiger partial charge on any atom is -0.467 e. The number of nitrogens with one attached hydrogen (secondary N) is 1. The summed E-state index contributed by atoms with van der Waals surface area (Å²) in [4.78, 5) is 20.7. The molecule has 3 N–H and O–H groups in total. The molecule has 0 unspecified atom stereocenters. The van der Waals surface area contributed by atoms with Crippen LogP contribution in [-0.4, -0.2) is 30.1 Å². The molecular formula is C23H22FN5O3. The maximum atomic E-state index is 13.9. The van der Waals surface area contributed by atoms with Crippen molar-refractivity contribution in [3.63, 3.8) is 0 Å². The molecule has 32 heavy (non-hydrogen) atoms. The van der Waals surface area contributed by atoms with Gasteiger partial charge in [0, 0.05) is 17.7 Å². The van der Waals surface area contributed by atoms with E-state index in [2.05, 4.69) is 21.4 Å². The minimum absolute atomic E-state index is 0.00164. The van der Waals surface area contributed by atoms with Gasteiger partial charge in [-0.15, -0.1) is 0 Å². The van der Waals surface area contributed by atoms with Crippen molar-refractivity contribution in [3.05, 3.63) is 70.7 Å². The lowest BCUT2D eigenvalue weighted by molar-refractivity contribution is 0.0595. The van der Waals surface area contributed by atoms with Gasteiger partial charge in [-0.2, -0.15) is 5.26 Å². The molecule has 1 atom stereocenters. The summed E-state index contributed by atoms with van der Waals surface area (Å²) < 4.78 is 24.5. The van der Waals surface area contributed by atoms with E-state index in [1.807, 2.05) is 6.07 Å². The number of hydrogen-bond acceptors (Lipinski definition) is 8. The number of methoxy groups -OCH3 is 1. The van der Waals surface area contributed by atoms with Gasteiger partial charge in [-0.05, 0) is 43.8 Å². The zero-order chi connectivity index (χ0) is 23.3. The van der Waals surface area contributed by atoms with Crippen LogP contribution in [0, 0.1) is 17.1 Å². The number of halogens is 1. The standard InChI is InChI=1S/C23H22FN5O3/c1-13(18-9-16(24)7-8-17(18)23(30)31-3)32-22-21(26)28-12-19(29-22)20-14(10-25)5-4-6-15(20)11-27-2/h4-9,12-13,27H,11H2,1-3H3,(H2,26,28)/t13-/m1/s1. The third kappa shape index (κ3) is 4.66. The molecule has 0 aliphatic heterocycles. The highest BCUT2D eigenvalue weighted by atomic mass is 19.1. The van der Waals surface area contributed by atoms with Gasteiger partial charge >= 0.3 is 5.97 Å². The second kappa shape index (κ2) is 9.85. The van der Waals surface area contributed by atoms with Gasteiger partial charge in [-0.1, -0.05) is 12.1 Å². The number of carbonyl (C=O) groups excluding carboxylic acids is 1. The van der Waals surface area contributed by atoms with E-state index in [0.29, 0.717) is 23.4 Å². The number of benzene rings is 2. The van der Waals surface area contributed by atoms with Crippen LogP contribution in [0.2, 0.25) is 0 Å². The van der Waals surface area contributed by atoms with E-state index in [1.165, 1.54) is 31.5 Å². The number of ether oxygens (including phenoxy) is 2. The summed E-state index contributed by atoms with van der Waals surface area (Å²) in [6.45, 7) is 2.14. The summed E-state index contributed by atoms with van der Waals surface area (Å²) in [5.41, 5.74) is 8.69. The Morgan fingerprint density at radius 2 is 2.12 bits per heavy atom. The summed E-state index contributed by atoms with van der Waals surface area (Å²) in [6.07, 6.45) is 0.666.